The summed E-state index contributed by atoms with van der Waals surface area (Å²) in [5.74, 6) is 0. The molecule has 5 nitrogen and oxygen atoms in total. The molecule has 0 amide bonds. The molecule has 0 aromatic carbocycles. The number of hydrogen-bond acceptors (Lipinski definition) is 5. The van der Waals surface area contributed by atoms with E-state index in [1.807, 2.05) is 0 Å². The lowest BCUT2D eigenvalue weighted by Crippen LogP contribution is -2.49. The van der Waals surface area contributed by atoms with E-state index < -0.39 is 24.6 Å². The molecule has 1 aliphatic rings. The fourth-order valence-corrected chi connectivity index (χ4v) is 1.24. The van der Waals surface area contributed by atoms with Crippen LogP contribution in [0.2, 0.25) is 0 Å². The summed E-state index contributed by atoms with van der Waals surface area (Å²) in [7, 11) is 1.40. The third-order valence-corrected chi connectivity index (χ3v) is 1.95. The first-order valence-corrected chi connectivity index (χ1v) is 3.84. The van der Waals surface area contributed by atoms with Crippen molar-refractivity contribution in [3.8, 4) is 0 Å². The minimum absolute atomic E-state index is 0.170. The Kier molecular flexibility index (Phi) is 3.42. The first-order valence-electron chi connectivity index (χ1n) is 3.84. The summed E-state index contributed by atoms with van der Waals surface area (Å²) >= 11 is 0. The van der Waals surface area contributed by atoms with Gasteiger partial charge in [-0.05, 0) is 0 Å². The van der Waals surface area contributed by atoms with Crippen LogP contribution in [0.5, 0.6) is 0 Å². The van der Waals surface area contributed by atoms with Gasteiger partial charge in [0, 0.05) is 13.5 Å². The Morgan fingerprint density at radius 3 is 2.58 bits per heavy atom. The molecule has 0 aromatic rings. The van der Waals surface area contributed by atoms with Gasteiger partial charge in [-0.1, -0.05) is 0 Å². The second kappa shape index (κ2) is 4.15. The largest absolute Gasteiger partial charge is 0.394 e. The maximum absolute atomic E-state index is 9.26. The molecule has 0 saturated carbocycles. The lowest BCUT2D eigenvalue weighted by molar-refractivity contribution is -0.261. The predicted molar refractivity (Wildman–Crippen MR) is 39.4 cm³/mol. The van der Waals surface area contributed by atoms with Crippen molar-refractivity contribution >= 4 is 0 Å². The minimum Gasteiger partial charge on any atom is -0.394 e. The summed E-state index contributed by atoms with van der Waals surface area (Å²) in [4.78, 5) is 0. The molecule has 1 rings (SSSR count). The summed E-state index contributed by atoms with van der Waals surface area (Å²) < 4.78 is 9.83. The van der Waals surface area contributed by atoms with E-state index in [4.69, 9.17) is 14.6 Å². The summed E-state index contributed by atoms with van der Waals surface area (Å²) in [5.41, 5.74) is 0. The Bertz CT molecular complexity index is 126. The lowest BCUT2D eigenvalue weighted by atomic mass is 10.0. The molecule has 5 heteroatoms. The van der Waals surface area contributed by atoms with Gasteiger partial charge in [0.1, 0.15) is 12.2 Å². The van der Waals surface area contributed by atoms with Gasteiger partial charge in [0.25, 0.3) is 0 Å². The first kappa shape index (κ1) is 9.88. The molecule has 1 saturated heterocycles. The summed E-state index contributed by atoms with van der Waals surface area (Å²) in [5, 5.41) is 27.3. The molecule has 0 radical (unpaired) electrons. The topological polar surface area (TPSA) is 79.2 Å². The molecule has 0 unspecified atom stereocenters. The van der Waals surface area contributed by atoms with Crippen LogP contribution in [-0.2, 0) is 9.47 Å². The van der Waals surface area contributed by atoms with Crippen LogP contribution in [0.4, 0.5) is 0 Å². The van der Waals surface area contributed by atoms with Crippen molar-refractivity contribution in [3.05, 3.63) is 0 Å². The number of aliphatic hydroxyl groups is 3. The molecule has 72 valence electrons. The predicted octanol–water partition coefficient (Wildman–Crippen LogP) is -1.54. The molecule has 3 N–H and O–H groups in total. The molecule has 1 fully saturated rings. The molecule has 4 atom stereocenters. The Labute approximate surface area is 70.5 Å². The van der Waals surface area contributed by atoms with Crippen LogP contribution in [-0.4, -0.2) is 53.6 Å². The average Bonchev–Trinajstić information content (AvgIpc) is 2.05. The van der Waals surface area contributed by atoms with Crippen LogP contribution < -0.4 is 0 Å². The average molecular weight is 178 g/mol. The number of rotatable bonds is 2. The van der Waals surface area contributed by atoms with Gasteiger partial charge in [-0.25, -0.2) is 0 Å². The van der Waals surface area contributed by atoms with Crippen molar-refractivity contribution in [3.63, 3.8) is 0 Å². The summed E-state index contributed by atoms with van der Waals surface area (Å²) in [6.45, 7) is -0.270. The summed E-state index contributed by atoms with van der Waals surface area (Å²) in [6.07, 6.45) is -2.88. The zero-order valence-corrected chi connectivity index (χ0v) is 6.88. The van der Waals surface area contributed by atoms with Gasteiger partial charge in [0.05, 0.1) is 12.7 Å². The second-order valence-electron chi connectivity index (χ2n) is 2.83. The van der Waals surface area contributed by atoms with Gasteiger partial charge in [-0.2, -0.15) is 0 Å². The Morgan fingerprint density at radius 2 is 2.08 bits per heavy atom. The van der Waals surface area contributed by atoms with E-state index in [-0.39, 0.29) is 13.0 Å². The van der Waals surface area contributed by atoms with E-state index in [0.29, 0.717) is 0 Å². The molecule has 0 spiro atoms. The van der Waals surface area contributed by atoms with Gasteiger partial charge in [0.15, 0.2) is 6.29 Å². The Balaban J connectivity index is 2.50. The van der Waals surface area contributed by atoms with E-state index in [1.54, 1.807) is 0 Å². The SMILES string of the molecule is CO[C@H]1O[C@H](CO)[C@@H](O)C[C@@H]1O. The highest BCUT2D eigenvalue weighted by atomic mass is 16.7. The van der Waals surface area contributed by atoms with Gasteiger partial charge in [-0.15, -0.1) is 0 Å². The highest BCUT2D eigenvalue weighted by molar-refractivity contribution is 4.80. The van der Waals surface area contributed by atoms with Crippen LogP contribution in [0.3, 0.4) is 0 Å². The van der Waals surface area contributed by atoms with Gasteiger partial charge >= 0.3 is 0 Å². The minimum atomic E-state index is -0.826. The highest BCUT2D eigenvalue weighted by Gasteiger charge is 2.35. The smallest absolute Gasteiger partial charge is 0.183 e. The van der Waals surface area contributed by atoms with Gasteiger partial charge in [0.2, 0.25) is 0 Å². The zero-order chi connectivity index (χ0) is 9.14. The van der Waals surface area contributed by atoms with E-state index in [0.717, 1.165) is 0 Å². The first-order chi connectivity index (χ1) is 5.69. The fourth-order valence-electron chi connectivity index (χ4n) is 1.24. The molecular formula is C7H14O5. The van der Waals surface area contributed by atoms with E-state index in [2.05, 4.69) is 0 Å². The number of methoxy groups -OCH3 is 1. The van der Waals surface area contributed by atoms with Crippen LogP contribution in [0.15, 0.2) is 0 Å². The third kappa shape index (κ3) is 1.94. The Hall–Kier alpha value is -0.200. The molecule has 1 heterocycles. The summed E-state index contributed by atoms with van der Waals surface area (Å²) in [6, 6.07) is 0. The van der Waals surface area contributed by atoms with Crippen LogP contribution >= 0.6 is 0 Å². The van der Waals surface area contributed by atoms with E-state index >= 15 is 0 Å². The quantitative estimate of drug-likeness (QED) is 0.477. The standard InChI is InChI=1S/C7H14O5/c1-11-7-5(10)2-4(9)6(3-8)12-7/h4-10H,2-3H2,1H3/t4-,5-,6+,7-/m0/s1. The van der Waals surface area contributed by atoms with E-state index in [1.165, 1.54) is 7.11 Å². The Morgan fingerprint density at radius 1 is 1.42 bits per heavy atom. The van der Waals surface area contributed by atoms with Gasteiger partial charge in [-0.3, -0.25) is 0 Å². The zero-order valence-electron chi connectivity index (χ0n) is 6.88. The van der Waals surface area contributed by atoms with E-state index in [9.17, 15) is 10.2 Å². The molecule has 12 heavy (non-hydrogen) atoms. The molecule has 1 aliphatic heterocycles. The van der Waals surface area contributed by atoms with Crippen molar-refractivity contribution in [2.75, 3.05) is 13.7 Å². The van der Waals surface area contributed by atoms with Crippen LogP contribution in [0, 0.1) is 0 Å². The normalized spacial score (nSPS) is 43.0. The van der Waals surface area contributed by atoms with Crippen molar-refractivity contribution in [1.82, 2.24) is 0 Å². The second-order valence-corrected chi connectivity index (χ2v) is 2.83. The third-order valence-electron chi connectivity index (χ3n) is 1.95. The van der Waals surface area contributed by atoms with Crippen LogP contribution in [0.25, 0.3) is 0 Å². The highest BCUT2D eigenvalue weighted by Crippen LogP contribution is 2.20. The van der Waals surface area contributed by atoms with Crippen molar-refractivity contribution < 1.29 is 24.8 Å². The fraction of sp³-hybridized carbons (Fsp3) is 1.00. The number of aliphatic hydroxyl groups excluding tert-OH is 3. The molecule has 0 bridgehead atoms. The monoisotopic (exact) mass is 178 g/mol. The van der Waals surface area contributed by atoms with Crippen molar-refractivity contribution in [2.24, 2.45) is 0 Å². The molecule has 0 aromatic heterocycles. The number of hydrogen-bond donors (Lipinski definition) is 3. The maximum atomic E-state index is 9.26. The lowest BCUT2D eigenvalue weighted by Gasteiger charge is -2.35. The van der Waals surface area contributed by atoms with Crippen LogP contribution in [0.1, 0.15) is 6.42 Å². The van der Waals surface area contributed by atoms with Crippen molar-refractivity contribution in [1.29, 1.82) is 0 Å². The molecular weight excluding hydrogens is 164 g/mol. The molecule has 0 aliphatic carbocycles. The maximum Gasteiger partial charge on any atom is 0.183 e. The van der Waals surface area contributed by atoms with Crippen molar-refractivity contribution in [2.45, 2.75) is 31.0 Å². The van der Waals surface area contributed by atoms with Gasteiger partial charge < -0.3 is 24.8 Å². The number of ether oxygens (including phenoxy) is 2.